The molecular weight excluding hydrogens is 240 g/mol. The molecule has 0 N–H and O–H groups in total. The van der Waals surface area contributed by atoms with E-state index in [1.165, 1.54) is 6.08 Å². The molecule has 0 saturated heterocycles. The van der Waals surface area contributed by atoms with Crippen molar-refractivity contribution in [3.63, 3.8) is 0 Å². The van der Waals surface area contributed by atoms with Crippen LogP contribution in [0.3, 0.4) is 0 Å². The van der Waals surface area contributed by atoms with Crippen LogP contribution in [0.4, 0.5) is 0 Å². The summed E-state index contributed by atoms with van der Waals surface area (Å²) >= 11 is 0. The number of hydrogen-bond donors (Lipinski definition) is 0. The van der Waals surface area contributed by atoms with Crippen LogP contribution >= 0.6 is 0 Å². The van der Waals surface area contributed by atoms with Gasteiger partial charge in [0.25, 0.3) is 0 Å². The lowest BCUT2D eigenvalue weighted by molar-refractivity contribution is -0.137. The Morgan fingerprint density at radius 2 is 2.05 bits per heavy atom. The molecule has 0 heterocycles. The fraction of sp³-hybridized carbons (Fsp3) is 0.438. The van der Waals surface area contributed by atoms with Crippen LogP contribution in [-0.2, 0) is 9.53 Å². The molecule has 0 radical (unpaired) electrons. The standard InChI is InChI=1S/C16H22O3/c1-5-11-18-15(17)10-9-13-7-6-8-14(12-13)19-16(2,3)4/h6-10,12H,5,11H2,1-4H3. The highest BCUT2D eigenvalue weighted by atomic mass is 16.5. The van der Waals surface area contributed by atoms with Gasteiger partial charge < -0.3 is 9.47 Å². The summed E-state index contributed by atoms with van der Waals surface area (Å²) in [6.45, 7) is 8.41. The van der Waals surface area contributed by atoms with Gasteiger partial charge in [0, 0.05) is 6.08 Å². The van der Waals surface area contributed by atoms with Crippen LogP contribution in [0.25, 0.3) is 6.08 Å². The van der Waals surface area contributed by atoms with Crippen molar-refractivity contribution < 1.29 is 14.3 Å². The van der Waals surface area contributed by atoms with Gasteiger partial charge in [0.1, 0.15) is 11.4 Å². The maximum atomic E-state index is 11.3. The Hall–Kier alpha value is -1.77. The van der Waals surface area contributed by atoms with Gasteiger partial charge in [-0.05, 0) is 51.0 Å². The number of hydrogen-bond acceptors (Lipinski definition) is 3. The largest absolute Gasteiger partial charge is 0.488 e. The smallest absolute Gasteiger partial charge is 0.330 e. The number of carbonyl (C=O) groups excluding carboxylic acids is 1. The summed E-state index contributed by atoms with van der Waals surface area (Å²) in [6.07, 6.45) is 3.99. The molecule has 19 heavy (non-hydrogen) atoms. The van der Waals surface area contributed by atoms with Crippen LogP contribution in [0, 0.1) is 0 Å². The third-order valence-corrected chi connectivity index (χ3v) is 2.14. The van der Waals surface area contributed by atoms with Crippen molar-refractivity contribution in [2.45, 2.75) is 39.7 Å². The van der Waals surface area contributed by atoms with Gasteiger partial charge in [0.2, 0.25) is 0 Å². The molecule has 0 aliphatic rings. The van der Waals surface area contributed by atoms with Gasteiger partial charge in [-0.15, -0.1) is 0 Å². The second-order valence-corrected chi connectivity index (χ2v) is 5.29. The number of carbonyl (C=O) groups is 1. The number of ether oxygens (including phenoxy) is 2. The zero-order chi connectivity index (χ0) is 14.3. The fourth-order valence-electron chi connectivity index (χ4n) is 1.45. The first-order valence-corrected chi connectivity index (χ1v) is 6.54. The molecule has 1 rings (SSSR count). The van der Waals surface area contributed by atoms with Crippen molar-refractivity contribution in [3.05, 3.63) is 35.9 Å². The molecule has 104 valence electrons. The second-order valence-electron chi connectivity index (χ2n) is 5.29. The molecule has 0 aliphatic carbocycles. The maximum Gasteiger partial charge on any atom is 0.330 e. The van der Waals surface area contributed by atoms with Crippen LogP contribution in [-0.4, -0.2) is 18.2 Å². The Morgan fingerprint density at radius 3 is 2.68 bits per heavy atom. The van der Waals surface area contributed by atoms with Crippen LogP contribution < -0.4 is 4.74 Å². The minimum Gasteiger partial charge on any atom is -0.488 e. The molecule has 0 aliphatic heterocycles. The van der Waals surface area contributed by atoms with Gasteiger partial charge in [-0.1, -0.05) is 19.1 Å². The number of esters is 1. The molecule has 0 atom stereocenters. The average molecular weight is 262 g/mol. The van der Waals surface area contributed by atoms with Crippen molar-refractivity contribution in [1.82, 2.24) is 0 Å². The van der Waals surface area contributed by atoms with Crippen LogP contribution in [0.1, 0.15) is 39.7 Å². The van der Waals surface area contributed by atoms with Crippen LogP contribution in [0.5, 0.6) is 5.75 Å². The number of benzene rings is 1. The third-order valence-electron chi connectivity index (χ3n) is 2.14. The Bertz CT molecular complexity index is 442. The second kappa shape index (κ2) is 6.98. The molecule has 0 amide bonds. The van der Waals surface area contributed by atoms with Crippen molar-refractivity contribution >= 4 is 12.0 Å². The van der Waals surface area contributed by atoms with E-state index in [1.807, 2.05) is 52.0 Å². The van der Waals surface area contributed by atoms with E-state index >= 15 is 0 Å². The fourth-order valence-corrected chi connectivity index (χ4v) is 1.45. The normalized spacial score (nSPS) is 11.6. The summed E-state index contributed by atoms with van der Waals surface area (Å²) in [5, 5.41) is 0. The van der Waals surface area contributed by atoms with E-state index in [2.05, 4.69) is 0 Å². The third kappa shape index (κ3) is 6.65. The van der Waals surface area contributed by atoms with E-state index in [1.54, 1.807) is 6.08 Å². The van der Waals surface area contributed by atoms with Gasteiger partial charge in [-0.25, -0.2) is 4.79 Å². The van der Waals surface area contributed by atoms with Crippen molar-refractivity contribution in [3.8, 4) is 5.75 Å². The molecule has 0 spiro atoms. The van der Waals surface area contributed by atoms with Crippen LogP contribution in [0.15, 0.2) is 30.3 Å². The Morgan fingerprint density at radius 1 is 1.32 bits per heavy atom. The summed E-state index contributed by atoms with van der Waals surface area (Å²) in [4.78, 5) is 11.3. The summed E-state index contributed by atoms with van der Waals surface area (Å²) < 4.78 is 10.7. The zero-order valence-electron chi connectivity index (χ0n) is 12.1. The monoisotopic (exact) mass is 262 g/mol. The predicted octanol–water partition coefficient (Wildman–Crippen LogP) is 3.83. The quantitative estimate of drug-likeness (QED) is 0.597. The van der Waals surface area contributed by atoms with Crippen molar-refractivity contribution in [2.75, 3.05) is 6.61 Å². The van der Waals surface area contributed by atoms with Gasteiger partial charge in [0.05, 0.1) is 6.61 Å². The lowest BCUT2D eigenvalue weighted by Crippen LogP contribution is -2.22. The Labute approximate surface area is 115 Å². The zero-order valence-corrected chi connectivity index (χ0v) is 12.1. The van der Waals surface area contributed by atoms with E-state index in [-0.39, 0.29) is 11.6 Å². The molecule has 3 heteroatoms. The molecule has 1 aromatic carbocycles. The molecule has 1 aromatic rings. The number of rotatable bonds is 5. The lowest BCUT2D eigenvalue weighted by Gasteiger charge is -2.21. The molecule has 0 fully saturated rings. The molecule has 0 bridgehead atoms. The highest BCUT2D eigenvalue weighted by Crippen LogP contribution is 2.19. The topological polar surface area (TPSA) is 35.5 Å². The van der Waals surface area contributed by atoms with E-state index in [4.69, 9.17) is 9.47 Å². The minimum absolute atomic E-state index is 0.234. The Kier molecular flexibility index (Phi) is 5.61. The van der Waals surface area contributed by atoms with Gasteiger partial charge >= 0.3 is 5.97 Å². The molecular formula is C16H22O3. The average Bonchev–Trinajstić information content (AvgIpc) is 2.32. The summed E-state index contributed by atoms with van der Waals surface area (Å²) in [7, 11) is 0. The maximum absolute atomic E-state index is 11.3. The first-order chi connectivity index (χ1) is 8.90. The highest BCUT2D eigenvalue weighted by molar-refractivity contribution is 5.87. The summed E-state index contributed by atoms with van der Waals surface area (Å²) in [5.41, 5.74) is 0.678. The van der Waals surface area contributed by atoms with Gasteiger partial charge in [-0.2, -0.15) is 0 Å². The van der Waals surface area contributed by atoms with Gasteiger partial charge in [-0.3, -0.25) is 0 Å². The molecule has 0 aromatic heterocycles. The van der Waals surface area contributed by atoms with Gasteiger partial charge in [0.15, 0.2) is 0 Å². The van der Waals surface area contributed by atoms with E-state index in [0.29, 0.717) is 6.61 Å². The summed E-state index contributed by atoms with van der Waals surface area (Å²) in [5.74, 6) is 0.473. The van der Waals surface area contributed by atoms with Crippen molar-refractivity contribution in [1.29, 1.82) is 0 Å². The first kappa shape index (κ1) is 15.3. The lowest BCUT2D eigenvalue weighted by atomic mass is 10.1. The Balaban J connectivity index is 2.66. The van der Waals surface area contributed by atoms with Crippen molar-refractivity contribution in [2.24, 2.45) is 0 Å². The molecule has 0 saturated carbocycles. The highest BCUT2D eigenvalue weighted by Gasteiger charge is 2.11. The van der Waals surface area contributed by atoms with E-state index in [0.717, 1.165) is 17.7 Å². The van der Waals surface area contributed by atoms with E-state index in [9.17, 15) is 4.79 Å². The predicted molar refractivity (Wildman–Crippen MR) is 77.1 cm³/mol. The summed E-state index contributed by atoms with van der Waals surface area (Å²) in [6, 6.07) is 7.62. The SMILES string of the molecule is CCCOC(=O)C=Cc1cccc(OC(C)(C)C)c1. The van der Waals surface area contributed by atoms with E-state index < -0.39 is 0 Å². The van der Waals surface area contributed by atoms with Crippen LogP contribution in [0.2, 0.25) is 0 Å². The first-order valence-electron chi connectivity index (χ1n) is 6.54. The molecule has 3 nitrogen and oxygen atoms in total. The molecule has 0 unspecified atom stereocenters. The minimum atomic E-state index is -0.316.